The van der Waals surface area contributed by atoms with Crippen molar-refractivity contribution in [3.8, 4) is 0 Å². The number of carbonyl (C=O) groups is 1. The molecule has 1 aromatic rings. The summed E-state index contributed by atoms with van der Waals surface area (Å²) in [4.78, 5) is 25.4. The second-order valence-corrected chi connectivity index (χ2v) is 9.10. The van der Waals surface area contributed by atoms with Crippen molar-refractivity contribution in [1.82, 2.24) is 20.2 Å². The summed E-state index contributed by atoms with van der Waals surface area (Å²) in [7, 11) is 0. The van der Waals surface area contributed by atoms with Gasteiger partial charge in [0.2, 0.25) is 5.95 Å². The molecular weight excluding hydrogens is 326 g/mol. The second-order valence-electron chi connectivity index (χ2n) is 9.10. The van der Waals surface area contributed by atoms with Gasteiger partial charge in [-0.2, -0.15) is 0 Å². The minimum Gasteiger partial charge on any atom is -0.337 e. The summed E-state index contributed by atoms with van der Waals surface area (Å²) < 4.78 is 0. The largest absolute Gasteiger partial charge is 0.337 e. The molecule has 0 atom stereocenters. The van der Waals surface area contributed by atoms with Crippen molar-refractivity contribution >= 4 is 12.0 Å². The molecule has 0 unspecified atom stereocenters. The van der Waals surface area contributed by atoms with Gasteiger partial charge in [0.05, 0.1) is 0 Å². The number of nitrogens with zero attached hydrogens (tertiary/aromatic N) is 4. The van der Waals surface area contributed by atoms with Crippen LogP contribution in [-0.4, -0.2) is 53.6 Å². The number of amides is 2. The molecule has 5 fully saturated rings. The van der Waals surface area contributed by atoms with Gasteiger partial charge in [0.25, 0.3) is 0 Å². The van der Waals surface area contributed by atoms with E-state index in [1.165, 1.54) is 38.5 Å². The van der Waals surface area contributed by atoms with Crippen LogP contribution < -0.4 is 10.2 Å². The molecule has 5 aliphatic rings. The minimum absolute atomic E-state index is 0.120. The summed E-state index contributed by atoms with van der Waals surface area (Å²) in [5.41, 5.74) is 0.407. The van der Waals surface area contributed by atoms with Crippen LogP contribution in [-0.2, 0) is 0 Å². The molecule has 1 saturated heterocycles. The lowest BCUT2D eigenvalue weighted by atomic mass is 9.49. The average Bonchev–Trinajstić information content (AvgIpc) is 2.66. The Morgan fingerprint density at radius 2 is 1.58 bits per heavy atom. The van der Waals surface area contributed by atoms with E-state index in [0.29, 0.717) is 5.41 Å². The van der Waals surface area contributed by atoms with Gasteiger partial charge < -0.3 is 15.1 Å². The maximum absolute atomic E-state index is 12.7. The molecule has 0 radical (unpaired) electrons. The molecule has 4 aliphatic carbocycles. The Kier molecular flexibility index (Phi) is 4.02. The van der Waals surface area contributed by atoms with Crippen LogP contribution in [0.5, 0.6) is 0 Å². The summed E-state index contributed by atoms with van der Waals surface area (Å²) in [6, 6.07) is 1.95. The van der Waals surface area contributed by atoms with Crippen molar-refractivity contribution in [2.24, 2.45) is 23.2 Å². The number of urea groups is 1. The van der Waals surface area contributed by atoms with Gasteiger partial charge in [0.1, 0.15) is 0 Å². The van der Waals surface area contributed by atoms with Crippen LogP contribution in [0.1, 0.15) is 38.5 Å². The Bertz CT molecular complexity index is 620. The zero-order valence-corrected chi connectivity index (χ0v) is 15.4. The maximum atomic E-state index is 12.7. The van der Waals surface area contributed by atoms with Gasteiger partial charge in [0.15, 0.2) is 0 Å². The molecule has 1 N–H and O–H groups in total. The van der Waals surface area contributed by atoms with Crippen LogP contribution in [0.15, 0.2) is 18.5 Å². The first-order chi connectivity index (χ1) is 12.7. The van der Waals surface area contributed by atoms with Gasteiger partial charge in [-0.25, -0.2) is 14.8 Å². The third kappa shape index (κ3) is 3.03. The molecule has 6 nitrogen and oxygen atoms in total. The van der Waals surface area contributed by atoms with E-state index in [2.05, 4.69) is 20.2 Å². The zero-order chi connectivity index (χ0) is 17.6. The second kappa shape index (κ2) is 6.39. The van der Waals surface area contributed by atoms with E-state index in [4.69, 9.17) is 0 Å². The Labute approximate surface area is 155 Å². The Hall–Kier alpha value is -1.85. The Morgan fingerprint density at radius 3 is 2.15 bits per heavy atom. The lowest BCUT2D eigenvalue weighted by Gasteiger charge is -2.57. The normalized spacial score (nSPS) is 35.6. The number of piperazine rings is 1. The lowest BCUT2D eigenvalue weighted by Crippen LogP contribution is -2.55. The van der Waals surface area contributed by atoms with E-state index in [1.807, 2.05) is 11.0 Å². The van der Waals surface area contributed by atoms with Crippen LogP contribution in [0.4, 0.5) is 10.7 Å². The first-order valence-electron chi connectivity index (χ1n) is 10.2. The van der Waals surface area contributed by atoms with Crippen LogP contribution in [0.25, 0.3) is 0 Å². The molecule has 140 valence electrons. The predicted octanol–water partition coefficient (Wildman–Crippen LogP) is 2.52. The third-order valence-electron chi connectivity index (χ3n) is 7.18. The maximum Gasteiger partial charge on any atom is 0.317 e. The lowest BCUT2D eigenvalue weighted by molar-refractivity contribution is -0.0502. The molecule has 2 amide bonds. The van der Waals surface area contributed by atoms with E-state index in [-0.39, 0.29) is 6.03 Å². The number of hydrogen-bond acceptors (Lipinski definition) is 4. The van der Waals surface area contributed by atoms with E-state index < -0.39 is 0 Å². The van der Waals surface area contributed by atoms with E-state index in [9.17, 15) is 4.79 Å². The fourth-order valence-corrected chi connectivity index (χ4v) is 6.45. The predicted molar refractivity (Wildman–Crippen MR) is 99.8 cm³/mol. The highest BCUT2D eigenvalue weighted by Gasteiger charge is 2.50. The molecule has 6 heteroatoms. The fraction of sp³-hybridized carbons (Fsp3) is 0.750. The summed E-state index contributed by atoms with van der Waals surface area (Å²) in [6.45, 7) is 3.97. The molecule has 0 aromatic carbocycles. The number of hydrogen-bond donors (Lipinski definition) is 1. The SMILES string of the molecule is O=C(NCC12CC3CC(CC(C3)C1)C2)N1CCN(c2ncccn2)CC1. The van der Waals surface area contributed by atoms with Crippen molar-refractivity contribution in [2.75, 3.05) is 37.6 Å². The molecule has 4 bridgehead atoms. The highest BCUT2D eigenvalue weighted by molar-refractivity contribution is 5.74. The van der Waals surface area contributed by atoms with Gasteiger partial charge in [-0.05, 0) is 67.8 Å². The Balaban J connectivity index is 1.14. The van der Waals surface area contributed by atoms with Crippen molar-refractivity contribution < 1.29 is 4.79 Å². The molecule has 26 heavy (non-hydrogen) atoms. The standard InChI is InChI=1S/C20H29N5O/c26-19(25-6-4-24(5-7-25)18-21-2-1-3-22-18)23-14-20-11-15-8-16(12-20)10-17(9-15)13-20/h1-3,15-17H,4-14H2,(H,23,26). The summed E-state index contributed by atoms with van der Waals surface area (Å²) in [5.74, 6) is 3.58. The fourth-order valence-electron chi connectivity index (χ4n) is 6.45. The van der Waals surface area contributed by atoms with Crippen molar-refractivity contribution in [3.05, 3.63) is 18.5 Å². The van der Waals surface area contributed by atoms with Gasteiger partial charge in [0, 0.05) is 45.1 Å². The summed E-state index contributed by atoms with van der Waals surface area (Å²) >= 11 is 0. The first-order valence-corrected chi connectivity index (χ1v) is 10.2. The average molecular weight is 355 g/mol. The minimum atomic E-state index is 0.120. The number of nitrogens with one attached hydrogen (secondary N) is 1. The van der Waals surface area contributed by atoms with E-state index >= 15 is 0 Å². The van der Waals surface area contributed by atoms with Crippen LogP contribution in [0.2, 0.25) is 0 Å². The molecular formula is C20H29N5O. The highest BCUT2D eigenvalue weighted by atomic mass is 16.2. The van der Waals surface area contributed by atoms with Gasteiger partial charge >= 0.3 is 6.03 Å². The van der Waals surface area contributed by atoms with Gasteiger partial charge in [-0.1, -0.05) is 0 Å². The topological polar surface area (TPSA) is 61.4 Å². The zero-order valence-electron chi connectivity index (χ0n) is 15.4. The number of carbonyl (C=O) groups excluding carboxylic acids is 1. The van der Waals surface area contributed by atoms with Gasteiger partial charge in [-0.15, -0.1) is 0 Å². The van der Waals surface area contributed by atoms with Crippen LogP contribution in [0, 0.1) is 23.2 Å². The molecule has 0 spiro atoms. The first kappa shape index (κ1) is 16.3. The molecule has 4 saturated carbocycles. The molecule has 1 aliphatic heterocycles. The summed E-state index contributed by atoms with van der Waals surface area (Å²) in [6.07, 6.45) is 11.9. The smallest absolute Gasteiger partial charge is 0.317 e. The van der Waals surface area contributed by atoms with Crippen molar-refractivity contribution in [2.45, 2.75) is 38.5 Å². The van der Waals surface area contributed by atoms with Gasteiger partial charge in [-0.3, -0.25) is 0 Å². The molecule has 6 rings (SSSR count). The molecule has 2 heterocycles. The van der Waals surface area contributed by atoms with Crippen molar-refractivity contribution in [3.63, 3.8) is 0 Å². The van der Waals surface area contributed by atoms with Crippen LogP contribution in [0.3, 0.4) is 0 Å². The highest BCUT2D eigenvalue weighted by Crippen LogP contribution is 2.59. The number of anilines is 1. The van der Waals surface area contributed by atoms with Crippen LogP contribution >= 0.6 is 0 Å². The molecule has 1 aromatic heterocycles. The Morgan fingerprint density at radius 1 is 1.00 bits per heavy atom. The summed E-state index contributed by atoms with van der Waals surface area (Å²) in [5, 5.41) is 3.30. The quantitative estimate of drug-likeness (QED) is 0.905. The van der Waals surface area contributed by atoms with Crippen molar-refractivity contribution in [1.29, 1.82) is 0 Å². The van der Waals surface area contributed by atoms with E-state index in [0.717, 1.165) is 56.4 Å². The third-order valence-corrected chi connectivity index (χ3v) is 7.18. The number of aromatic nitrogens is 2. The monoisotopic (exact) mass is 355 g/mol. The number of rotatable bonds is 3. The van der Waals surface area contributed by atoms with E-state index in [1.54, 1.807) is 12.4 Å².